The number of ether oxygens (including phenoxy) is 1. The molecule has 4 nitrogen and oxygen atoms in total. The normalized spacial score (nSPS) is 48.9. The van der Waals surface area contributed by atoms with Crippen LogP contribution >= 0.6 is 0 Å². The Morgan fingerprint density at radius 2 is 1.96 bits per heavy atom. The van der Waals surface area contributed by atoms with Crippen molar-refractivity contribution >= 4 is 11.8 Å². The van der Waals surface area contributed by atoms with Crippen LogP contribution in [0.4, 0.5) is 0 Å². The lowest BCUT2D eigenvalue weighted by atomic mass is 9.47. The standard InChI is InChI=1S/C21H30O4/c1-12(22)25-19-5-4-15-14-11-18(24)17-10-13(23)6-8-20(17,2)16(14)7-9-21(15,19)3/h10,14-16,18-19,24H,4-9,11H2,1-3H3/t14-,15+,16-,18-,19+,20+,21+/m1/s1. The summed E-state index contributed by atoms with van der Waals surface area (Å²) in [5.74, 6) is 1.48. The molecule has 7 atom stereocenters. The second kappa shape index (κ2) is 5.67. The fraction of sp³-hybridized carbons (Fsp3) is 0.810. The van der Waals surface area contributed by atoms with E-state index in [-0.39, 0.29) is 28.7 Å². The first-order valence-corrected chi connectivity index (χ1v) is 9.86. The maximum absolute atomic E-state index is 11.9. The van der Waals surface area contributed by atoms with E-state index in [1.807, 2.05) is 0 Å². The van der Waals surface area contributed by atoms with Gasteiger partial charge in [-0.3, -0.25) is 9.59 Å². The number of rotatable bonds is 1. The molecule has 0 saturated heterocycles. The van der Waals surface area contributed by atoms with Gasteiger partial charge >= 0.3 is 5.97 Å². The molecule has 3 saturated carbocycles. The highest BCUT2D eigenvalue weighted by Crippen LogP contribution is 2.65. The zero-order chi connectivity index (χ0) is 18.0. The molecule has 4 rings (SSSR count). The van der Waals surface area contributed by atoms with E-state index >= 15 is 0 Å². The Kier molecular flexibility index (Phi) is 3.91. The van der Waals surface area contributed by atoms with Crippen LogP contribution < -0.4 is 0 Å². The van der Waals surface area contributed by atoms with E-state index in [1.54, 1.807) is 6.08 Å². The fourth-order valence-corrected chi connectivity index (χ4v) is 6.95. The van der Waals surface area contributed by atoms with Crippen molar-refractivity contribution in [1.82, 2.24) is 0 Å². The first-order chi connectivity index (χ1) is 11.8. The maximum atomic E-state index is 11.9. The third-order valence-corrected chi connectivity index (χ3v) is 8.20. The van der Waals surface area contributed by atoms with Gasteiger partial charge in [0.15, 0.2) is 5.78 Å². The summed E-state index contributed by atoms with van der Waals surface area (Å²) in [5, 5.41) is 10.8. The summed E-state index contributed by atoms with van der Waals surface area (Å²) < 4.78 is 5.68. The van der Waals surface area contributed by atoms with Gasteiger partial charge in [0.2, 0.25) is 0 Å². The van der Waals surface area contributed by atoms with Gasteiger partial charge in [0, 0.05) is 18.8 Å². The molecule has 0 aromatic heterocycles. The molecule has 4 aliphatic carbocycles. The largest absolute Gasteiger partial charge is 0.462 e. The second-order valence-corrected chi connectivity index (χ2v) is 9.33. The van der Waals surface area contributed by atoms with Gasteiger partial charge in [-0.1, -0.05) is 13.8 Å². The minimum atomic E-state index is -0.495. The van der Waals surface area contributed by atoms with Crippen LogP contribution in [0.3, 0.4) is 0 Å². The van der Waals surface area contributed by atoms with Crippen molar-refractivity contribution in [3.05, 3.63) is 11.6 Å². The Hall–Kier alpha value is -1.16. The Morgan fingerprint density at radius 1 is 1.20 bits per heavy atom. The van der Waals surface area contributed by atoms with Crippen molar-refractivity contribution in [2.45, 2.75) is 77.9 Å². The first-order valence-electron chi connectivity index (χ1n) is 9.86. The van der Waals surface area contributed by atoms with Crippen LogP contribution in [0.1, 0.15) is 65.7 Å². The molecule has 138 valence electrons. The topological polar surface area (TPSA) is 63.6 Å². The molecular weight excluding hydrogens is 316 g/mol. The van der Waals surface area contributed by atoms with Crippen LogP contribution in [0.15, 0.2) is 11.6 Å². The zero-order valence-corrected chi connectivity index (χ0v) is 15.6. The summed E-state index contributed by atoms with van der Waals surface area (Å²) in [5.41, 5.74) is 0.981. The molecule has 0 spiro atoms. The van der Waals surface area contributed by atoms with Crippen LogP contribution in [-0.2, 0) is 14.3 Å². The van der Waals surface area contributed by atoms with Gasteiger partial charge in [-0.05, 0) is 73.3 Å². The predicted octanol–water partition coefficient (Wildman–Crippen LogP) is 3.42. The van der Waals surface area contributed by atoms with Gasteiger partial charge in [-0.2, -0.15) is 0 Å². The number of ketones is 1. The Labute approximate surface area is 150 Å². The van der Waals surface area contributed by atoms with Gasteiger partial charge in [-0.25, -0.2) is 0 Å². The van der Waals surface area contributed by atoms with Gasteiger partial charge in [0.05, 0.1) is 6.10 Å². The molecule has 4 aliphatic rings. The fourth-order valence-electron chi connectivity index (χ4n) is 6.95. The molecule has 0 bridgehead atoms. The lowest BCUT2D eigenvalue weighted by molar-refractivity contribution is -0.158. The Balaban J connectivity index is 1.66. The molecule has 3 fully saturated rings. The third-order valence-electron chi connectivity index (χ3n) is 8.20. The van der Waals surface area contributed by atoms with E-state index in [1.165, 1.54) is 6.92 Å². The highest BCUT2D eigenvalue weighted by molar-refractivity contribution is 5.91. The van der Waals surface area contributed by atoms with Crippen LogP contribution in [0.25, 0.3) is 0 Å². The number of hydrogen-bond acceptors (Lipinski definition) is 4. The smallest absolute Gasteiger partial charge is 0.302 e. The molecule has 0 aliphatic heterocycles. The molecule has 0 aromatic carbocycles. The number of esters is 1. The van der Waals surface area contributed by atoms with Gasteiger partial charge in [0.25, 0.3) is 0 Å². The van der Waals surface area contributed by atoms with Crippen molar-refractivity contribution in [2.24, 2.45) is 28.6 Å². The van der Waals surface area contributed by atoms with Gasteiger partial charge in [0.1, 0.15) is 6.10 Å². The number of aliphatic hydroxyl groups excluding tert-OH is 1. The van der Waals surface area contributed by atoms with E-state index < -0.39 is 6.10 Å². The average molecular weight is 346 g/mol. The van der Waals surface area contributed by atoms with Crippen LogP contribution in [0, 0.1) is 28.6 Å². The Morgan fingerprint density at radius 3 is 2.68 bits per heavy atom. The van der Waals surface area contributed by atoms with Gasteiger partial charge < -0.3 is 9.84 Å². The molecule has 4 heteroatoms. The van der Waals surface area contributed by atoms with Crippen molar-refractivity contribution in [2.75, 3.05) is 0 Å². The van der Waals surface area contributed by atoms with Crippen LogP contribution in [0.5, 0.6) is 0 Å². The summed E-state index contributed by atoms with van der Waals surface area (Å²) in [4.78, 5) is 23.4. The number of fused-ring (bicyclic) bond motifs is 5. The predicted molar refractivity (Wildman–Crippen MR) is 93.7 cm³/mol. The third kappa shape index (κ3) is 2.43. The summed E-state index contributed by atoms with van der Waals surface area (Å²) >= 11 is 0. The first kappa shape index (κ1) is 17.3. The summed E-state index contributed by atoms with van der Waals surface area (Å²) in [6, 6.07) is 0. The molecule has 0 amide bonds. The average Bonchev–Trinajstić information content (AvgIpc) is 2.86. The van der Waals surface area contributed by atoms with Crippen molar-refractivity contribution in [3.8, 4) is 0 Å². The molecule has 1 N–H and O–H groups in total. The summed E-state index contributed by atoms with van der Waals surface area (Å²) in [6.45, 7) is 6.06. The van der Waals surface area contributed by atoms with E-state index in [9.17, 15) is 14.7 Å². The molecular formula is C21H30O4. The number of carbonyl (C=O) groups is 2. The van der Waals surface area contributed by atoms with Crippen molar-refractivity contribution in [1.29, 1.82) is 0 Å². The molecule has 0 radical (unpaired) electrons. The van der Waals surface area contributed by atoms with E-state index in [0.29, 0.717) is 24.2 Å². The molecule has 25 heavy (non-hydrogen) atoms. The summed E-state index contributed by atoms with van der Waals surface area (Å²) in [6.07, 6.45) is 7.69. The van der Waals surface area contributed by atoms with E-state index in [4.69, 9.17) is 4.74 Å². The van der Waals surface area contributed by atoms with Crippen molar-refractivity contribution < 1.29 is 19.4 Å². The number of aliphatic hydroxyl groups is 1. The molecule has 0 heterocycles. The zero-order valence-electron chi connectivity index (χ0n) is 15.6. The highest BCUT2D eigenvalue weighted by Gasteiger charge is 2.61. The monoisotopic (exact) mass is 346 g/mol. The number of carbonyl (C=O) groups excluding carboxylic acids is 2. The van der Waals surface area contributed by atoms with E-state index in [0.717, 1.165) is 44.1 Å². The lowest BCUT2D eigenvalue weighted by Crippen LogP contribution is -2.54. The quantitative estimate of drug-likeness (QED) is 0.739. The van der Waals surface area contributed by atoms with Crippen molar-refractivity contribution in [3.63, 3.8) is 0 Å². The highest BCUT2D eigenvalue weighted by atomic mass is 16.5. The molecule has 0 unspecified atom stereocenters. The maximum Gasteiger partial charge on any atom is 0.302 e. The minimum Gasteiger partial charge on any atom is -0.462 e. The lowest BCUT2D eigenvalue weighted by Gasteiger charge is -2.58. The van der Waals surface area contributed by atoms with E-state index in [2.05, 4.69) is 13.8 Å². The SMILES string of the molecule is CC(=O)O[C@H]1CC[C@H]2[C@H]3C[C@@H](O)C4=CC(=O)CC[C@@]4(C)[C@@H]3CC[C@]12C. The van der Waals surface area contributed by atoms with Crippen LogP contribution in [-0.4, -0.2) is 29.1 Å². The van der Waals surface area contributed by atoms with Gasteiger partial charge in [-0.15, -0.1) is 0 Å². The number of hydrogen-bond donors (Lipinski definition) is 1. The minimum absolute atomic E-state index is 0.0192. The van der Waals surface area contributed by atoms with Crippen LogP contribution in [0.2, 0.25) is 0 Å². The summed E-state index contributed by atoms with van der Waals surface area (Å²) in [7, 11) is 0. The molecule has 0 aromatic rings. The Bertz CT molecular complexity index is 638. The second-order valence-electron chi connectivity index (χ2n) is 9.33.